The molecule has 2 saturated heterocycles. The summed E-state index contributed by atoms with van der Waals surface area (Å²) >= 11 is 14.3. The normalized spacial score (nSPS) is 28.0. The van der Waals surface area contributed by atoms with E-state index in [1.54, 1.807) is 20.8 Å². The minimum Gasteiger partial charge on any atom is -0.508 e. The number of ether oxygens (including phenoxy) is 7. The first-order valence-corrected chi connectivity index (χ1v) is 38.2. The van der Waals surface area contributed by atoms with Crippen molar-refractivity contribution < 1.29 is 117 Å². The lowest BCUT2D eigenvalue weighted by Crippen LogP contribution is -2.65. The largest absolute Gasteiger partial charge is 0.508 e. The maximum atomic E-state index is 16.3. The summed E-state index contributed by atoms with van der Waals surface area (Å²) in [5.74, 6) is -16.4. The molecule has 0 saturated carbocycles. The van der Waals surface area contributed by atoms with E-state index >= 15 is 19.2 Å². The molecule has 2 fully saturated rings. The highest BCUT2D eigenvalue weighted by Gasteiger charge is 2.52. The molecule has 602 valence electrons. The number of amides is 5. The molecule has 18 atom stereocenters. The second kappa shape index (κ2) is 37.3. The second-order valence-corrected chi connectivity index (χ2v) is 30.5. The molecular weight excluding hydrogens is 1490 g/mol. The Hall–Kier alpha value is -8.76. The summed E-state index contributed by atoms with van der Waals surface area (Å²) in [6.07, 6.45) is -12.6. The molecule has 7 heterocycles. The molecule has 111 heavy (non-hydrogen) atoms. The number of nitrogens with one attached hydrogen (secondary N) is 5. The SMILES string of the molecule is CCCCCCCCCCNC1(C)C[C@H](O[C@H]2C(Oc3c4cc5cc3Oc3ccc(cc3Cl)[C@@H](O)[C@@H](NC(=O)[C@H](CC)CC(C)C)C(=O)C[C@@H](CC(N)=O)C(=O)N[C@H]5C(=O)C[C@@H]3C(=O)N[C@H](C(=O)N[C@H](OC=O)c5cc(O)cc(O)c5-c5cc3ccc5O)[C@H](O)c3ccc(c(Cl)c3)O4)O[C@H](CO)C(O)C2O)OC(C)[C@H]1O. The van der Waals surface area contributed by atoms with Crippen molar-refractivity contribution in [1.82, 2.24) is 26.6 Å². The number of phenols is 3. The number of nitrogens with two attached hydrogens (primary N) is 1. The lowest BCUT2D eigenvalue weighted by molar-refractivity contribution is -0.334. The Morgan fingerprint density at radius 1 is 0.721 bits per heavy atom. The minimum atomic E-state index is -2.16. The molecule has 7 aliphatic heterocycles. The molecule has 7 aliphatic rings. The van der Waals surface area contributed by atoms with Crippen molar-refractivity contribution in [1.29, 1.82) is 0 Å². The standard InChI is InChI=1S/C79H98Cl2N6O24/c1-7-9-10-11-12-13-14-15-22-83-79(6)34-61(106-38(5)72(79)100)110-71-69(99)68(98)59(35-88)109-78(71)111-70-57-28-43-29-58(70)108-56-21-18-42(26-50(56)81)67(97)65-76(104)87-77(105-36-89)48-31-45(90)32-52(92)62(48)47-24-40(16-19-51(47)91)46(75(103)86-65)33-54(94)63(43)84-74(102)44(30-60(82)95)27-53(93)64(85-73(101)39(8-2)23-37(3)4)66(96)41-17-20-55(107-57)49(80)25-41/h16-21,24-26,28-29,31-32,36-39,44,46,59,61,63-69,71-72,77-78,83,88,90-92,96-100H,7-15,22-23,27,30,33-35H2,1-6H3,(H2,82,95)(H,84,102)(H,85,101)(H,86,103)(H,87,104)/t38?,39-,44+,46+,59-,61+,63-,64+,65+,66-,67-,68?,69?,71-,72-,77-,78?,79?/m1/s1. The molecule has 5 unspecified atom stereocenters. The van der Waals surface area contributed by atoms with Gasteiger partial charge in [0, 0.05) is 59.9 Å². The number of unbranched alkanes of at least 4 members (excludes halogenated alkanes) is 7. The van der Waals surface area contributed by atoms with E-state index in [9.17, 15) is 65.1 Å². The molecule has 11 bridgehead atoms. The van der Waals surface area contributed by atoms with Crippen molar-refractivity contribution in [3.8, 4) is 57.1 Å². The van der Waals surface area contributed by atoms with E-state index < -0.39 is 211 Å². The number of primary amides is 1. The summed E-state index contributed by atoms with van der Waals surface area (Å²) in [5.41, 5.74) is 2.89. The molecule has 0 radical (unpaired) electrons. The number of benzene rings is 5. The first-order chi connectivity index (χ1) is 52.8. The predicted octanol–water partition coefficient (Wildman–Crippen LogP) is 7.34. The Labute approximate surface area is 650 Å². The molecule has 16 N–H and O–H groups in total. The number of halogens is 2. The van der Waals surface area contributed by atoms with E-state index in [4.69, 9.17) is 62.1 Å². The first kappa shape index (κ1) is 84.7. The zero-order valence-corrected chi connectivity index (χ0v) is 63.8. The Morgan fingerprint density at radius 3 is 1.97 bits per heavy atom. The zero-order chi connectivity index (χ0) is 80.4. The number of aliphatic hydroxyl groups is 6. The van der Waals surface area contributed by atoms with Crippen LogP contribution in [0.5, 0.6) is 46.0 Å². The summed E-state index contributed by atoms with van der Waals surface area (Å²) in [4.78, 5) is 117. The van der Waals surface area contributed by atoms with E-state index in [0.29, 0.717) is 19.4 Å². The van der Waals surface area contributed by atoms with Crippen LogP contribution in [-0.4, -0.2) is 174 Å². The Balaban J connectivity index is 1.18. The number of aromatic hydroxyl groups is 3. The van der Waals surface area contributed by atoms with Gasteiger partial charge in [0.2, 0.25) is 47.8 Å². The van der Waals surface area contributed by atoms with Gasteiger partial charge in [0.1, 0.15) is 77.4 Å². The summed E-state index contributed by atoms with van der Waals surface area (Å²) in [6.45, 7) is 10.6. The van der Waals surface area contributed by atoms with Crippen LogP contribution in [0.2, 0.25) is 10.0 Å². The van der Waals surface area contributed by atoms with Gasteiger partial charge in [-0.2, -0.15) is 0 Å². The van der Waals surface area contributed by atoms with Crippen LogP contribution < -0.4 is 46.5 Å². The van der Waals surface area contributed by atoms with E-state index in [0.717, 1.165) is 87.4 Å². The quantitative estimate of drug-likeness (QED) is 0.0212. The molecule has 5 amide bonds. The van der Waals surface area contributed by atoms with Crippen molar-refractivity contribution in [2.24, 2.45) is 23.5 Å². The smallest absolute Gasteiger partial charge is 0.295 e. The van der Waals surface area contributed by atoms with Gasteiger partial charge in [-0.15, -0.1) is 0 Å². The number of hydrogen-bond acceptors (Lipinski definition) is 25. The number of fused-ring (bicyclic) bond motifs is 15. The maximum Gasteiger partial charge on any atom is 0.295 e. The Bertz CT molecular complexity index is 4230. The van der Waals surface area contributed by atoms with Crippen LogP contribution >= 0.6 is 23.2 Å². The number of Topliss-reactive ketones (excluding diaryl/α,β-unsaturated/α-hetero) is 2. The fraction of sp³-hybridized carbons (Fsp3) is 0.519. The van der Waals surface area contributed by atoms with E-state index in [1.165, 1.54) is 42.8 Å². The van der Waals surface area contributed by atoms with Crippen LogP contribution in [0.1, 0.15) is 190 Å². The summed E-state index contributed by atoms with van der Waals surface area (Å²) in [7, 11) is 0. The minimum absolute atomic E-state index is 0.00932. The molecule has 0 aromatic heterocycles. The molecule has 0 spiro atoms. The first-order valence-electron chi connectivity index (χ1n) is 37.4. The van der Waals surface area contributed by atoms with Crippen molar-refractivity contribution in [2.45, 2.75) is 229 Å². The van der Waals surface area contributed by atoms with Gasteiger partial charge in [-0.3, -0.25) is 38.4 Å². The molecular formula is C79H98Cl2N6O24. The lowest BCUT2D eigenvalue weighted by atomic mass is 9.84. The van der Waals surface area contributed by atoms with E-state index in [2.05, 4.69) is 33.5 Å². The fourth-order valence-electron chi connectivity index (χ4n) is 14.9. The number of carbonyl (C=O) groups is 8. The van der Waals surface area contributed by atoms with Crippen molar-refractivity contribution in [3.05, 3.63) is 117 Å². The number of ketones is 2. The van der Waals surface area contributed by atoms with Crippen LogP contribution in [0, 0.1) is 17.8 Å². The molecule has 5 aromatic carbocycles. The monoisotopic (exact) mass is 1580 g/mol. The maximum absolute atomic E-state index is 16.3. The van der Waals surface area contributed by atoms with Gasteiger partial charge in [-0.1, -0.05) is 114 Å². The lowest BCUT2D eigenvalue weighted by Gasteiger charge is -2.48. The highest BCUT2D eigenvalue weighted by Crippen LogP contribution is 2.51. The number of phenolic OH excluding ortho intramolecular Hbond substituents is 3. The van der Waals surface area contributed by atoms with Crippen molar-refractivity contribution >= 4 is 70.8 Å². The number of rotatable bonds is 24. The topological polar surface area (TPSA) is 469 Å². The third-order valence-electron chi connectivity index (χ3n) is 21.0. The van der Waals surface area contributed by atoms with Crippen molar-refractivity contribution in [2.75, 3.05) is 13.2 Å². The third kappa shape index (κ3) is 19.8. The van der Waals surface area contributed by atoms with E-state index in [-0.39, 0.29) is 79.3 Å². The second-order valence-electron chi connectivity index (χ2n) is 29.7. The number of carbonyl (C=O) groups excluding carboxylic acids is 8. The summed E-state index contributed by atoms with van der Waals surface area (Å²) < 4.78 is 44.9. The van der Waals surface area contributed by atoms with Gasteiger partial charge in [0.05, 0.1) is 40.7 Å². The Morgan fingerprint density at radius 2 is 1.36 bits per heavy atom. The van der Waals surface area contributed by atoms with Gasteiger partial charge in [-0.25, -0.2) is 0 Å². The molecule has 0 aliphatic carbocycles. The van der Waals surface area contributed by atoms with Crippen LogP contribution in [0.15, 0.2) is 78.9 Å². The van der Waals surface area contributed by atoms with Crippen molar-refractivity contribution in [3.63, 3.8) is 0 Å². The van der Waals surface area contributed by atoms with Gasteiger partial charge in [-0.05, 0) is 122 Å². The molecule has 12 rings (SSSR count). The molecule has 30 nitrogen and oxygen atoms in total. The van der Waals surface area contributed by atoms with Crippen LogP contribution in [0.25, 0.3) is 11.1 Å². The highest BCUT2D eigenvalue weighted by molar-refractivity contribution is 6.32. The predicted molar refractivity (Wildman–Crippen MR) is 399 cm³/mol. The van der Waals surface area contributed by atoms with Crippen LogP contribution in [0.3, 0.4) is 0 Å². The zero-order valence-electron chi connectivity index (χ0n) is 62.3. The van der Waals surface area contributed by atoms with Gasteiger partial charge in [0.15, 0.2) is 35.5 Å². The third-order valence-corrected chi connectivity index (χ3v) is 21.6. The van der Waals surface area contributed by atoms with Gasteiger partial charge < -0.3 is 111 Å². The average molecular weight is 1590 g/mol. The highest BCUT2D eigenvalue weighted by atomic mass is 35.5. The van der Waals surface area contributed by atoms with Crippen LogP contribution in [-0.2, 0) is 57.3 Å². The number of hydrogen-bond donors (Lipinski definition) is 15. The van der Waals surface area contributed by atoms with Gasteiger partial charge in [0.25, 0.3) is 6.47 Å². The number of aliphatic hydroxyl groups excluding tert-OH is 6. The van der Waals surface area contributed by atoms with Gasteiger partial charge >= 0.3 is 0 Å². The van der Waals surface area contributed by atoms with E-state index in [1.807, 2.05) is 13.8 Å². The molecule has 32 heteroatoms. The average Bonchev–Trinajstić information content (AvgIpc) is 0.766. The molecule has 5 aromatic rings. The Kier molecular flexibility index (Phi) is 28.4. The fourth-order valence-corrected chi connectivity index (χ4v) is 15.4. The summed E-state index contributed by atoms with van der Waals surface area (Å²) in [5, 5.41) is 119. The van der Waals surface area contributed by atoms with Crippen LogP contribution in [0.4, 0.5) is 0 Å². The summed E-state index contributed by atoms with van der Waals surface area (Å²) in [6, 6.07) is 8.68.